The molecule has 0 radical (unpaired) electrons. The number of nitrogen functional groups attached to an aromatic ring is 1. The highest BCUT2D eigenvalue weighted by molar-refractivity contribution is 7.89. The van der Waals surface area contributed by atoms with Crippen LogP contribution in [0.3, 0.4) is 0 Å². The van der Waals surface area contributed by atoms with E-state index in [4.69, 9.17) is 5.73 Å². The number of carbonyl (C=O) groups excluding carboxylic acids is 1. The first-order valence-electron chi connectivity index (χ1n) is 6.96. The fraction of sp³-hybridized carbons (Fsp3) is 0.667. The number of rotatable bonds is 5. The zero-order chi connectivity index (χ0) is 15.5. The van der Waals surface area contributed by atoms with Gasteiger partial charge in [0.25, 0.3) is 0 Å². The molecule has 118 valence electrons. The van der Waals surface area contributed by atoms with Gasteiger partial charge in [0.2, 0.25) is 15.9 Å². The number of piperazine rings is 1. The Morgan fingerprint density at radius 1 is 1.33 bits per heavy atom. The first kappa shape index (κ1) is 15.8. The molecule has 1 aromatic rings. The van der Waals surface area contributed by atoms with E-state index >= 15 is 0 Å². The van der Waals surface area contributed by atoms with E-state index in [1.54, 1.807) is 11.1 Å². The smallest absolute Gasteiger partial charge is 0.244 e. The summed E-state index contributed by atoms with van der Waals surface area (Å²) in [5, 5.41) is 3.97. The van der Waals surface area contributed by atoms with E-state index in [0.717, 1.165) is 0 Å². The Balaban J connectivity index is 1.87. The van der Waals surface area contributed by atoms with Crippen molar-refractivity contribution in [2.75, 3.05) is 37.7 Å². The highest BCUT2D eigenvalue weighted by Gasteiger charge is 2.28. The molecular weight excluding hydrogens is 294 g/mol. The Bertz CT molecular complexity index is 590. The van der Waals surface area contributed by atoms with Gasteiger partial charge in [-0.3, -0.25) is 9.48 Å². The summed E-state index contributed by atoms with van der Waals surface area (Å²) in [6, 6.07) is 0. The molecule has 0 saturated carbocycles. The summed E-state index contributed by atoms with van der Waals surface area (Å²) < 4.78 is 26.8. The van der Waals surface area contributed by atoms with Gasteiger partial charge in [-0.1, -0.05) is 6.92 Å². The van der Waals surface area contributed by atoms with Gasteiger partial charge in [-0.15, -0.1) is 0 Å². The lowest BCUT2D eigenvalue weighted by atomic mass is 10.3. The number of nitrogens with zero attached hydrogens (tertiary/aromatic N) is 4. The summed E-state index contributed by atoms with van der Waals surface area (Å²) in [5.41, 5.74) is 6.06. The maximum absolute atomic E-state index is 12.1. The molecule has 1 aliphatic heterocycles. The van der Waals surface area contributed by atoms with Crippen molar-refractivity contribution < 1.29 is 13.2 Å². The van der Waals surface area contributed by atoms with Gasteiger partial charge in [0.05, 0.1) is 17.6 Å². The van der Waals surface area contributed by atoms with Crippen molar-refractivity contribution in [1.82, 2.24) is 19.0 Å². The van der Waals surface area contributed by atoms with Gasteiger partial charge < -0.3 is 10.6 Å². The molecule has 1 amide bonds. The van der Waals surface area contributed by atoms with E-state index in [9.17, 15) is 13.2 Å². The summed E-state index contributed by atoms with van der Waals surface area (Å²) >= 11 is 0. The third-order valence-corrected chi connectivity index (χ3v) is 5.47. The van der Waals surface area contributed by atoms with E-state index in [0.29, 0.717) is 38.3 Å². The van der Waals surface area contributed by atoms with Crippen molar-refractivity contribution in [2.45, 2.75) is 19.9 Å². The minimum absolute atomic E-state index is 0.0781. The van der Waals surface area contributed by atoms with Crippen LogP contribution in [0.25, 0.3) is 0 Å². The molecule has 1 fully saturated rings. The molecule has 2 heterocycles. The Hall–Kier alpha value is -1.61. The number of sulfonamides is 1. The van der Waals surface area contributed by atoms with Crippen LogP contribution in [0.15, 0.2) is 12.4 Å². The number of carbonyl (C=O) groups is 1. The molecule has 2 N–H and O–H groups in total. The van der Waals surface area contributed by atoms with Gasteiger partial charge >= 0.3 is 0 Å². The Morgan fingerprint density at radius 2 is 2.00 bits per heavy atom. The van der Waals surface area contributed by atoms with Gasteiger partial charge in [0.15, 0.2) is 0 Å². The van der Waals surface area contributed by atoms with Crippen molar-refractivity contribution in [3.05, 3.63) is 12.4 Å². The van der Waals surface area contributed by atoms with Crippen LogP contribution in [0, 0.1) is 0 Å². The number of aromatic nitrogens is 2. The van der Waals surface area contributed by atoms with Gasteiger partial charge in [-0.2, -0.15) is 9.40 Å². The number of anilines is 1. The SMILES string of the molecule is CCCS(=O)(=O)N1CCN(C(=O)Cn2cc(N)cn2)CC1. The molecule has 0 bridgehead atoms. The van der Waals surface area contributed by atoms with Crippen LogP contribution in [0.1, 0.15) is 13.3 Å². The summed E-state index contributed by atoms with van der Waals surface area (Å²) in [4.78, 5) is 13.8. The fourth-order valence-corrected chi connectivity index (χ4v) is 3.80. The van der Waals surface area contributed by atoms with Crippen LogP contribution in [0.5, 0.6) is 0 Å². The average Bonchev–Trinajstić information content (AvgIpc) is 2.84. The maximum atomic E-state index is 12.1. The summed E-state index contributed by atoms with van der Waals surface area (Å²) in [7, 11) is -3.18. The normalized spacial score (nSPS) is 17.1. The summed E-state index contributed by atoms with van der Waals surface area (Å²) in [6.45, 7) is 3.51. The van der Waals surface area contributed by atoms with Crippen LogP contribution in [-0.4, -0.2) is 65.2 Å². The third-order valence-electron chi connectivity index (χ3n) is 3.40. The minimum Gasteiger partial charge on any atom is -0.396 e. The quantitative estimate of drug-likeness (QED) is 0.778. The van der Waals surface area contributed by atoms with Crippen LogP contribution >= 0.6 is 0 Å². The van der Waals surface area contributed by atoms with E-state index in [-0.39, 0.29) is 18.2 Å². The lowest BCUT2D eigenvalue weighted by Gasteiger charge is -2.34. The molecule has 9 heteroatoms. The molecule has 0 aliphatic carbocycles. The molecular formula is C12H21N5O3S. The lowest BCUT2D eigenvalue weighted by molar-refractivity contribution is -0.133. The van der Waals surface area contributed by atoms with Crippen molar-refractivity contribution in [3.63, 3.8) is 0 Å². The van der Waals surface area contributed by atoms with Crippen molar-refractivity contribution >= 4 is 21.6 Å². The predicted octanol–water partition coefficient (Wildman–Crippen LogP) is -0.651. The molecule has 8 nitrogen and oxygen atoms in total. The molecule has 21 heavy (non-hydrogen) atoms. The lowest BCUT2D eigenvalue weighted by Crippen LogP contribution is -2.51. The van der Waals surface area contributed by atoms with Crippen LogP contribution in [-0.2, 0) is 21.4 Å². The van der Waals surface area contributed by atoms with Gasteiger partial charge in [0.1, 0.15) is 6.54 Å². The third kappa shape index (κ3) is 3.94. The van der Waals surface area contributed by atoms with E-state index in [1.807, 2.05) is 6.92 Å². The van der Waals surface area contributed by atoms with Crippen LogP contribution < -0.4 is 5.73 Å². The summed E-state index contributed by atoms with van der Waals surface area (Å²) in [6.07, 6.45) is 3.69. The number of amides is 1. The second kappa shape index (κ2) is 6.44. The molecule has 1 aromatic heterocycles. The Morgan fingerprint density at radius 3 is 2.52 bits per heavy atom. The monoisotopic (exact) mass is 315 g/mol. The van der Waals surface area contributed by atoms with Crippen LogP contribution in [0.4, 0.5) is 5.69 Å². The standard InChI is InChI=1S/C12H21N5O3S/c1-2-7-21(19,20)17-5-3-15(4-6-17)12(18)10-16-9-11(13)8-14-16/h8-9H,2-7,10,13H2,1H3. The maximum Gasteiger partial charge on any atom is 0.244 e. The first-order valence-corrected chi connectivity index (χ1v) is 8.57. The number of hydrogen-bond donors (Lipinski definition) is 1. The van der Waals surface area contributed by atoms with E-state index in [1.165, 1.54) is 15.2 Å². The first-order chi connectivity index (χ1) is 9.92. The zero-order valence-electron chi connectivity index (χ0n) is 12.1. The molecule has 1 saturated heterocycles. The predicted molar refractivity (Wildman–Crippen MR) is 78.9 cm³/mol. The number of nitrogens with two attached hydrogens (primary N) is 1. The van der Waals surface area contributed by atoms with Gasteiger partial charge in [0, 0.05) is 32.4 Å². The average molecular weight is 315 g/mol. The van der Waals surface area contributed by atoms with Crippen molar-refractivity contribution in [3.8, 4) is 0 Å². The summed E-state index contributed by atoms with van der Waals surface area (Å²) in [5.74, 6) is 0.0821. The topological polar surface area (TPSA) is 102 Å². The fourth-order valence-electron chi connectivity index (χ4n) is 2.31. The molecule has 0 spiro atoms. The van der Waals surface area contributed by atoms with Gasteiger partial charge in [-0.05, 0) is 6.42 Å². The van der Waals surface area contributed by atoms with Gasteiger partial charge in [-0.25, -0.2) is 8.42 Å². The van der Waals surface area contributed by atoms with Crippen molar-refractivity contribution in [2.24, 2.45) is 0 Å². The number of hydrogen-bond acceptors (Lipinski definition) is 5. The van der Waals surface area contributed by atoms with E-state index in [2.05, 4.69) is 5.10 Å². The molecule has 0 aromatic carbocycles. The second-order valence-corrected chi connectivity index (χ2v) is 7.16. The Labute approximate surface area is 124 Å². The highest BCUT2D eigenvalue weighted by Crippen LogP contribution is 2.10. The zero-order valence-corrected chi connectivity index (χ0v) is 12.9. The highest BCUT2D eigenvalue weighted by atomic mass is 32.2. The molecule has 1 aliphatic rings. The van der Waals surface area contributed by atoms with Crippen molar-refractivity contribution in [1.29, 1.82) is 0 Å². The molecule has 0 unspecified atom stereocenters. The molecule has 2 rings (SSSR count). The largest absolute Gasteiger partial charge is 0.396 e. The van der Waals surface area contributed by atoms with Crippen LogP contribution in [0.2, 0.25) is 0 Å². The Kier molecular flexibility index (Phi) is 4.84. The molecule has 0 atom stereocenters. The minimum atomic E-state index is -3.18. The van der Waals surface area contributed by atoms with E-state index < -0.39 is 10.0 Å². The second-order valence-electron chi connectivity index (χ2n) is 5.07.